The zero-order valence-electron chi connectivity index (χ0n) is 17.1. The molecule has 1 fully saturated rings. The third-order valence-corrected chi connectivity index (χ3v) is 6.12. The van der Waals surface area contributed by atoms with Gasteiger partial charge in [0.1, 0.15) is 12.4 Å². The normalized spacial score (nSPS) is 14.7. The maximum atomic E-state index is 12.8. The number of aromatic nitrogens is 2. The minimum absolute atomic E-state index is 0.101. The van der Waals surface area contributed by atoms with Crippen molar-refractivity contribution in [2.24, 2.45) is 0 Å². The van der Waals surface area contributed by atoms with Crippen molar-refractivity contribution in [3.63, 3.8) is 0 Å². The van der Waals surface area contributed by atoms with Gasteiger partial charge in [0.25, 0.3) is 5.91 Å². The standard InChI is InChI=1S/C23H24ClN3O3/c1-15-11-19(12-16(2)22(15)24)29-14-20-13-21(26-30-20)23(28)27-9-5-18(6-10-27)17-3-7-25-8-4-17/h3-4,7-8,11-13,18H,5-6,9-10,14H2,1-2H3. The number of carbonyl (C=O) groups is 1. The van der Waals surface area contributed by atoms with Crippen LogP contribution in [0.15, 0.2) is 47.2 Å². The largest absolute Gasteiger partial charge is 0.486 e. The Hall–Kier alpha value is -2.86. The second-order valence-electron chi connectivity index (χ2n) is 7.69. The molecule has 6 nitrogen and oxygen atoms in total. The molecule has 0 unspecified atom stereocenters. The van der Waals surface area contributed by atoms with Crippen molar-refractivity contribution in [1.82, 2.24) is 15.0 Å². The third kappa shape index (κ3) is 4.49. The van der Waals surface area contributed by atoms with E-state index in [2.05, 4.69) is 22.3 Å². The highest BCUT2D eigenvalue weighted by Gasteiger charge is 2.26. The highest BCUT2D eigenvalue weighted by molar-refractivity contribution is 6.32. The molecule has 3 aromatic rings. The summed E-state index contributed by atoms with van der Waals surface area (Å²) in [6.45, 7) is 5.48. The number of ether oxygens (including phenoxy) is 1. The fourth-order valence-corrected chi connectivity index (χ4v) is 3.95. The number of hydrogen-bond acceptors (Lipinski definition) is 5. The average Bonchev–Trinajstić information content (AvgIpc) is 3.25. The number of nitrogens with zero attached hydrogens (tertiary/aromatic N) is 3. The summed E-state index contributed by atoms with van der Waals surface area (Å²) in [5.74, 6) is 1.58. The van der Waals surface area contributed by atoms with Gasteiger partial charge in [-0.15, -0.1) is 0 Å². The first kappa shape index (κ1) is 20.4. The summed E-state index contributed by atoms with van der Waals surface area (Å²) >= 11 is 6.19. The maximum absolute atomic E-state index is 12.8. The molecule has 2 aromatic heterocycles. The van der Waals surface area contributed by atoms with Crippen LogP contribution >= 0.6 is 11.6 Å². The van der Waals surface area contributed by atoms with E-state index in [9.17, 15) is 4.79 Å². The Morgan fingerprint density at radius 1 is 1.17 bits per heavy atom. The van der Waals surface area contributed by atoms with Crippen molar-refractivity contribution < 1.29 is 14.1 Å². The molecule has 0 radical (unpaired) electrons. The van der Waals surface area contributed by atoms with E-state index in [0.29, 0.717) is 36.2 Å². The molecule has 0 spiro atoms. The van der Waals surface area contributed by atoms with Crippen molar-refractivity contribution in [3.05, 3.63) is 75.9 Å². The van der Waals surface area contributed by atoms with Gasteiger partial charge in [-0.05, 0) is 73.6 Å². The zero-order chi connectivity index (χ0) is 21.1. The molecule has 7 heteroatoms. The Bertz CT molecular complexity index is 1000. The predicted octanol–water partition coefficient (Wildman–Crippen LogP) is 4.94. The first-order chi connectivity index (χ1) is 14.5. The van der Waals surface area contributed by atoms with Gasteiger partial charge in [-0.2, -0.15) is 0 Å². The highest BCUT2D eigenvalue weighted by Crippen LogP contribution is 2.29. The first-order valence-corrected chi connectivity index (χ1v) is 10.4. The van der Waals surface area contributed by atoms with Gasteiger partial charge in [-0.25, -0.2) is 0 Å². The van der Waals surface area contributed by atoms with E-state index in [1.54, 1.807) is 6.07 Å². The van der Waals surface area contributed by atoms with Gasteiger partial charge in [-0.3, -0.25) is 9.78 Å². The molecule has 0 bridgehead atoms. The summed E-state index contributed by atoms with van der Waals surface area (Å²) in [5.41, 5.74) is 3.51. The quantitative estimate of drug-likeness (QED) is 0.579. The molecule has 4 rings (SSSR count). The Morgan fingerprint density at radius 2 is 1.83 bits per heavy atom. The summed E-state index contributed by atoms with van der Waals surface area (Å²) in [6.07, 6.45) is 5.49. The molecular formula is C23H24ClN3O3. The molecule has 30 heavy (non-hydrogen) atoms. The summed E-state index contributed by atoms with van der Waals surface area (Å²) in [7, 11) is 0. The molecule has 1 aliphatic rings. The lowest BCUT2D eigenvalue weighted by molar-refractivity contribution is 0.0702. The number of benzene rings is 1. The van der Waals surface area contributed by atoms with Crippen molar-refractivity contribution >= 4 is 17.5 Å². The Morgan fingerprint density at radius 3 is 2.50 bits per heavy atom. The molecule has 3 heterocycles. The number of likely N-dealkylation sites (tertiary alicyclic amines) is 1. The summed E-state index contributed by atoms with van der Waals surface area (Å²) < 4.78 is 11.1. The van der Waals surface area contributed by atoms with Crippen molar-refractivity contribution in [3.8, 4) is 5.75 Å². The minimum atomic E-state index is -0.101. The van der Waals surface area contributed by atoms with E-state index in [4.69, 9.17) is 20.9 Å². The van der Waals surface area contributed by atoms with Crippen LogP contribution in [0, 0.1) is 13.8 Å². The Kier molecular flexibility index (Phi) is 6.04. The first-order valence-electron chi connectivity index (χ1n) is 10.1. The molecule has 0 saturated carbocycles. The van der Waals surface area contributed by atoms with E-state index in [0.717, 1.165) is 29.0 Å². The summed E-state index contributed by atoms with van der Waals surface area (Å²) in [6, 6.07) is 9.52. The lowest BCUT2D eigenvalue weighted by Crippen LogP contribution is -2.38. The topological polar surface area (TPSA) is 68.5 Å². The van der Waals surface area contributed by atoms with Crippen LogP contribution in [0.25, 0.3) is 0 Å². The number of halogens is 1. The molecule has 156 valence electrons. The van der Waals surface area contributed by atoms with Gasteiger partial charge in [-0.1, -0.05) is 16.8 Å². The van der Waals surface area contributed by atoms with Gasteiger partial charge >= 0.3 is 0 Å². The average molecular weight is 426 g/mol. The van der Waals surface area contributed by atoms with Crippen LogP contribution in [0.5, 0.6) is 5.75 Å². The second-order valence-corrected chi connectivity index (χ2v) is 8.06. The fourth-order valence-electron chi connectivity index (χ4n) is 3.84. The van der Waals surface area contributed by atoms with E-state index >= 15 is 0 Å². The monoisotopic (exact) mass is 425 g/mol. The zero-order valence-corrected chi connectivity index (χ0v) is 17.9. The molecule has 1 aliphatic heterocycles. The van der Waals surface area contributed by atoms with Crippen molar-refractivity contribution in [1.29, 1.82) is 0 Å². The van der Waals surface area contributed by atoms with Gasteiger partial charge in [0.2, 0.25) is 0 Å². The van der Waals surface area contributed by atoms with Gasteiger partial charge in [0.15, 0.2) is 11.5 Å². The van der Waals surface area contributed by atoms with Gasteiger partial charge in [0, 0.05) is 36.6 Å². The predicted molar refractivity (Wildman–Crippen MR) is 114 cm³/mol. The Balaban J connectivity index is 1.33. The fraction of sp³-hybridized carbons (Fsp3) is 0.348. The number of rotatable bonds is 5. The summed E-state index contributed by atoms with van der Waals surface area (Å²) in [4.78, 5) is 18.7. The van der Waals surface area contributed by atoms with Crippen LogP contribution in [-0.2, 0) is 6.61 Å². The number of carbonyl (C=O) groups excluding carboxylic acids is 1. The number of piperidine rings is 1. The van der Waals surface area contributed by atoms with Gasteiger partial charge < -0.3 is 14.2 Å². The van der Waals surface area contributed by atoms with E-state index < -0.39 is 0 Å². The Labute approximate surface area is 180 Å². The maximum Gasteiger partial charge on any atom is 0.276 e. The van der Waals surface area contributed by atoms with Crippen LogP contribution in [0.4, 0.5) is 0 Å². The van der Waals surface area contributed by atoms with E-state index in [1.807, 2.05) is 43.3 Å². The lowest BCUT2D eigenvalue weighted by atomic mass is 9.90. The molecular weight excluding hydrogens is 402 g/mol. The molecule has 0 atom stereocenters. The van der Waals surface area contributed by atoms with Crippen LogP contribution in [0.1, 0.15) is 51.7 Å². The lowest BCUT2D eigenvalue weighted by Gasteiger charge is -2.31. The van der Waals surface area contributed by atoms with Crippen LogP contribution in [0.2, 0.25) is 5.02 Å². The molecule has 1 amide bonds. The van der Waals surface area contributed by atoms with Crippen molar-refractivity contribution in [2.45, 2.75) is 39.2 Å². The SMILES string of the molecule is Cc1cc(OCc2cc(C(=O)N3CCC(c4ccncc4)CC3)no2)cc(C)c1Cl. The second kappa shape index (κ2) is 8.88. The minimum Gasteiger partial charge on any atom is -0.486 e. The summed E-state index contributed by atoms with van der Waals surface area (Å²) in [5, 5.41) is 4.69. The molecule has 1 aromatic carbocycles. The molecule has 1 saturated heterocycles. The van der Waals surface area contributed by atoms with E-state index in [-0.39, 0.29) is 12.5 Å². The van der Waals surface area contributed by atoms with E-state index in [1.165, 1.54) is 5.56 Å². The number of amides is 1. The van der Waals surface area contributed by atoms with Crippen molar-refractivity contribution in [2.75, 3.05) is 13.1 Å². The smallest absolute Gasteiger partial charge is 0.276 e. The number of aryl methyl sites for hydroxylation is 2. The highest BCUT2D eigenvalue weighted by atomic mass is 35.5. The number of pyridine rings is 1. The molecule has 0 aliphatic carbocycles. The van der Waals surface area contributed by atoms with Crippen LogP contribution < -0.4 is 4.74 Å². The van der Waals surface area contributed by atoms with Crippen LogP contribution in [-0.4, -0.2) is 34.0 Å². The van der Waals surface area contributed by atoms with Crippen LogP contribution in [0.3, 0.4) is 0 Å². The molecule has 0 N–H and O–H groups in total. The number of hydrogen-bond donors (Lipinski definition) is 0. The van der Waals surface area contributed by atoms with Gasteiger partial charge in [0.05, 0.1) is 0 Å². The third-order valence-electron chi connectivity index (χ3n) is 5.53.